The first-order valence-electron chi connectivity index (χ1n) is 3.59. The Morgan fingerprint density at radius 2 is 1.92 bits per heavy atom. The van der Waals surface area contributed by atoms with Gasteiger partial charge < -0.3 is 0 Å². The number of rotatable bonds is 1. The molecule has 0 fully saturated rings. The van der Waals surface area contributed by atoms with Crippen molar-refractivity contribution in [2.45, 2.75) is 0 Å². The summed E-state index contributed by atoms with van der Waals surface area (Å²) < 4.78 is 12.5. The zero-order chi connectivity index (χ0) is 9.26. The van der Waals surface area contributed by atoms with Crippen LogP contribution in [-0.4, -0.2) is 15.2 Å². The highest BCUT2D eigenvalue weighted by Crippen LogP contribution is 2.15. The van der Waals surface area contributed by atoms with Crippen molar-refractivity contribution in [3.05, 3.63) is 35.4 Å². The molecule has 1 aromatic heterocycles. The summed E-state index contributed by atoms with van der Waals surface area (Å²) in [7, 11) is 0. The van der Waals surface area contributed by atoms with Gasteiger partial charge in [0.25, 0.3) is 0 Å². The highest BCUT2D eigenvalue weighted by atomic mass is 35.5. The number of benzene rings is 1. The van der Waals surface area contributed by atoms with Gasteiger partial charge in [0.15, 0.2) is 5.82 Å². The molecule has 0 aliphatic heterocycles. The predicted molar refractivity (Wildman–Crippen MR) is 46.8 cm³/mol. The molecule has 0 aliphatic rings. The highest BCUT2D eigenvalue weighted by Gasteiger charge is 2.03. The molecule has 5 heteroatoms. The zero-order valence-electron chi connectivity index (χ0n) is 6.46. The molecule has 0 unspecified atom stereocenters. The third-order valence-electron chi connectivity index (χ3n) is 1.56. The quantitative estimate of drug-likeness (QED) is 0.762. The van der Waals surface area contributed by atoms with E-state index in [1.165, 1.54) is 12.1 Å². The van der Waals surface area contributed by atoms with Crippen molar-refractivity contribution in [2.75, 3.05) is 0 Å². The molecule has 0 aliphatic carbocycles. The molecule has 66 valence electrons. The Kier molecular flexibility index (Phi) is 1.98. The molecule has 0 amide bonds. The smallest absolute Gasteiger partial charge is 0.218 e. The monoisotopic (exact) mass is 197 g/mol. The number of nitrogens with one attached hydrogen (secondary N) is 1. The minimum atomic E-state index is -0.287. The number of halogens is 2. The van der Waals surface area contributed by atoms with Crippen molar-refractivity contribution in [3.8, 4) is 11.4 Å². The van der Waals surface area contributed by atoms with Gasteiger partial charge in [0.1, 0.15) is 5.82 Å². The molecule has 1 aromatic carbocycles. The number of aromatic amines is 1. The summed E-state index contributed by atoms with van der Waals surface area (Å²) in [6.45, 7) is 0. The summed E-state index contributed by atoms with van der Waals surface area (Å²) in [5.74, 6) is 0.176. The summed E-state index contributed by atoms with van der Waals surface area (Å²) in [5.41, 5.74) is 0.726. The SMILES string of the molecule is Fc1ccc(-c2n[nH]c(Cl)n2)cc1. The molecule has 2 aromatic rings. The van der Waals surface area contributed by atoms with Crippen LogP contribution in [0.3, 0.4) is 0 Å². The first-order chi connectivity index (χ1) is 6.25. The molecular formula is C8H5ClFN3. The lowest BCUT2D eigenvalue weighted by atomic mass is 10.2. The highest BCUT2D eigenvalue weighted by molar-refractivity contribution is 6.28. The van der Waals surface area contributed by atoms with Gasteiger partial charge in [-0.3, -0.25) is 0 Å². The normalized spacial score (nSPS) is 10.3. The van der Waals surface area contributed by atoms with Gasteiger partial charge in [-0.25, -0.2) is 9.49 Å². The summed E-state index contributed by atoms with van der Waals surface area (Å²) in [6.07, 6.45) is 0. The molecule has 0 atom stereocenters. The van der Waals surface area contributed by atoms with E-state index in [9.17, 15) is 4.39 Å². The second-order valence-corrected chi connectivity index (χ2v) is 2.81. The summed E-state index contributed by atoms with van der Waals surface area (Å²) in [5, 5.41) is 6.54. The van der Waals surface area contributed by atoms with E-state index < -0.39 is 0 Å². The number of hydrogen-bond acceptors (Lipinski definition) is 2. The van der Waals surface area contributed by atoms with Crippen LogP contribution in [0.15, 0.2) is 24.3 Å². The fraction of sp³-hybridized carbons (Fsp3) is 0. The van der Waals surface area contributed by atoms with Crippen molar-refractivity contribution >= 4 is 11.6 Å². The minimum absolute atomic E-state index is 0.222. The third kappa shape index (κ3) is 1.67. The van der Waals surface area contributed by atoms with Crippen LogP contribution in [0.25, 0.3) is 11.4 Å². The Bertz CT molecular complexity index is 410. The molecule has 0 radical (unpaired) electrons. The van der Waals surface area contributed by atoms with E-state index in [4.69, 9.17) is 11.6 Å². The van der Waals surface area contributed by atoms with Gasteiger partial charge in [-0.2, -0.15) is 10.1 Å². The maximum Gasteiger partial charge on any atom is 0.218 e. The number of hydrogen-bond donors (Lipinski definition) is 1. The molecular weight excluding hydrogens is 193 g/mol. The standard InChI is InChI=1S/C8H5ClFN3/c9-8-11-7(12-13-8)5-1-3-6(10)4-2-5/h1-4H,(H,11,12,13). The molecule has 1 N–H and O–H groups in total. The van der Waals surface area contributed by atoms with Crippen molar-refractivity contribution in [1.29, 1.82) is 0 Å². The van der Waals surface area contributed by atoms with Crippen LogP contribution >= 0.6 is 11.6 Å². The average Bonchev–Trinajstić information content (AvgIpc) is 2.53. The van der Waals surface area contributed by atoms with Crippen molar-refractivity contribution < 1.29 is 4.39 Å². The zero-order valence-corrected chi connectivity index (χ0v) is 7.22. The van der Waals surface area contributed by atoms with Gasteiger partial charge >= 0.3 is 0 Å². The Balaban J connectivity index is 2.41. The summed E-state index contributed by atoms with van der Waals surface area (Å²) in [4.78, 5) is 3.89. The third-order valence-corrected chi connectivity index (χ3v) is 1.73. The summed E-state index contributed by atoms with van der Waals surface area (Å²) >= 11 is 5.54. The summed E-state index contributed by atoms with van der Waals surface area (Å²) in [6, 6.07) is 5.88. The van der Waals surface area contributed by atoms with E-state index >= 15 is 0 Å². The number of nitrogens with zero attached hydrogens (tertiary/aromatic N) is 2. The first kappa shape index (κ1) is 8.19. The van der Waals surface area contributed by atoms with Gasteiger partial charge in [0.05, 0.1) is 0 Å². The number of H-pyrrole nitrogens is 1. The second kappa shape index (κ2) is 3.14. The maximum absolute atomic E-state index is 12.5. The van der Waals surface area contributed by atoms with Gasteiger partial charge in [-0.05, 0) is 35.9 Å². The van der Waals surface area contributed by atoms with Crippen molar-refractivity contribution in [2.24, 2.45) is 0 Å². The van der Waals surface area contributed by atoms with E-state index in [-0.39, 0.29) is 11.1 Å². The van der Waals surface area contributed by atoms with Gasteiger partial charge in [0, 0.05) is 5.56 Å². The predicted octanol–water partition coefficient (Wildman–Crippen LogP) is 2.26. The van der Waals surface area contributed by atoms with Crippen LogP contribution in [0, 0.1) is 5.82 Å². The fourth-order valence-corrected chi connectivity index (χ4v) is 1.09. The topological polar surface area (TPSA) is 41.6 Å². The lowest BCUT2D eigenvalue weighted by Gasteiger charge is -1.92. The molecule has 13 heavy (non-hydrogen) atoms. The van der Waals surface area contributed by atoms with E-state index in [2.05, 4.69) is 15.2 Å². The maximum atomic E-state index is 12.5. The molecule has 0 saturated heterocycles. The molecule has 2 rings (SSSR count). The van der Waals surface area contributed by atoms with E-state index in [1.54, 1.807) is 12.1 Å². The Labute approximate surface area is 78.6 Å². The van der Waals surface area contributed by atoms with E-state index in [1.807, 2.05) is 0 Å². The lowest BCUT2D eigenvalue weighted by molar-refractivity contribution is 0.628. The Morgan fingerprint density at radius 1 is 1.23 bits per heavy atom. The fourth-order valence-electron chi connectivity index (χ4n) is 0.970. The average molecular weight is 198 g/mol. The van der Waals surface area contributed by atoms with Crippen molar-refractivity contribution in [3.63, 3.8) is 0 Å². The Hall–Kier alpha value is -1.42. The molecule has 3 nitrogen and oxygen atoms in total. The van der Waals surface area contributed by atoms with Crippen LogP contribution in [-0.2, 0) is 0 Å². The van der Waals surface area contributed by atoms with Crippen LogP contribution in [0.4, 0.5) is 4.39 Å². The Morgan fingerprint density at radius 3 is 2.46 bits per heavy atom. The van der Waals surface area contributed by atoms with Crippen LogP contribution in [0.2, 0.25) is 5.28 Å². The molecule has 0 bridgehead atoms. The minimum Gasteiger partial charge on any atom is -0.249 e. The van der Waals surface area contributed by atoms with Gasteiger partial charge in [-0.1, -0.05) is 0 Å². The lowest BCUT2D eigenvalue weighted by Crippen LogP contribution is -1.80. The number of aromatic nitrogens is 3. The van der Waals surface area contributed by atoms with Crippen LogP contribution in [0.5, 0.6) is 0 Å². The molecule has 1 heterocycles. The van der Waals surface area contributed by atoms with Gasteiger partial charge in [-0.15, -0.1) is 0 Å². The van der Waals surface area contributed by atoms with E-state index in [0.29, 0.717) is 5.82 Å². The van der Waals surface area contributed by atoms with Crippen LogP contribution in [0.1, 0.15) is 0 Å². The van der Waals surface area contributed by atoms with Crippen molar-refractivity contribution in [1.82, 2.24) is 15.2 Å². The second-order valence-electron chi connectivity index (χ2n) is 2.46. The molecule has 0 spiro atoms. The largest absolute Gasteiger partial charge is 0.249 e. The molecule has 0 saturated carbocycles. The first-order valence-corrected chi connectivity index (χ1v) is 3.97. The van der Waals surface area contributed by atoms with Gasteiger partial charge in [0.2, 0.25) is 5.28 Å². The van der Waals surface area contributed by atoms with E-state index in [0.717, 1.165) is 5.56 Å². The van der Waals surface area contributed by atoms with Crippen LogP contribution < -0.4 is 0 Å².